The number of hydrogen-bond donors (Lipinski definition) is 1. The molecule has 3 fully saturated rings. The fourth-order valence-corrected chi connectivity index (χ4v) is 4.49. The fourth-order valence-electron chi connectivity index (χ4n) is 4.49. The first-order valence-corrected chi connectivity index (χ1v) is 9.00. The molecule has 1 unspecified atom stereocenters. The predicted molar refractivity (Wildman–Crippen MR) is 83.0 cm³/mol. The fraction of sp³-hybridized carbons (Fsp3) is 1.00. The summed E-state index contributed by atoms with van der Waals surface area (Å²) in [6.45, 7) is 5.86. The van der Waals surface area contributed by atoms with Crippen molar-refractivity contribution in [3.05, 3.63) is 0 Å². The molecular weight excluding hydrogens is 248 g/mol. The molecule has 2 saturated heterocycles. The molecule has 3 nitrogen and oxygen atoms in total. The molecule has 1 atom stereocenters. The van der Waals surface area contributed by atoms with Crippen molar-refractivity contribution in [3.8, 4) is 0 Å². The predicted octanol–water partition coefficient (Wildman–Crippen LogP) is 2.80. The molecule has 0 aromatic heterocycles. The minimum absolute atomic E-state index is 0.528. The number of nitrogens with zero attached hydrogens (tertiary/aromatic N) is 1. The summed E-state index contributed by atoms with van der Waals surface area (Å²) in [5, 5.41) is 3.40. The number of likely N-dealkylation sites (tertiary alicyclic amines) is 1. The van der Waals surface area contributed by atoms with E-state index < -0.39 is 0 Å². The highest BCUT2D eigenvalue weighted by atomic mass is 16.5. The Morgan fingerprint density at radius 1 is 0.950 bits per heavy atom. The highest BCUT2D eigenvalue weighted by molar-refractivity contribution is 4.87. The number of nitrogens with one attached hydrogen (secondary N) is 1. The summed E-state index contributed by atoms with van der Waals surface area (Å²) in [6.07, 6.45) is 13.0. The third kappa shape index (κ3) is 3.96. The lowest BCUT2D eigenvalue weighted by atomic mass is 9.96. The van der Waals surface area contributed by atoms with Crippen LogP contribution in [-0.2, 0) is 4.74 Å². The smallest absolute Gasteiger partial charge is 0.0599 e. The van der Waals surface area contributed by atoms with Crippen molar-refractivity contribution in [2.45, 2.75) is 69.9 Å². The molecule has 3 rings (SSSR count). The van der Waals surface area contributed by atoms with Gasteiger partial charge in [-0.2, -0.15) is 0 Å². The average molecular weight is 280 g/mol. The zero-order valence-corrected chi connectivity index (χ0v) is 13.0. The van der Waals surface area contributed by atoms with Crippen LogP contribution >= 0.6 is 0 Å². The molecule has 0 aromatic carbocycles. The Labute approximate surface area is 124 Å². The summed E-state index contributed by atoms with van der Waals surface area (Å²) in [7, 11) is 0. The lowest BCUT2D eigenvalue weighted by Crippen LogP contribution is -2.36. The van der Waals surface area contributed by atoms with E-state index in [-0.39, 0.29) is 0 Å². The van der Waals surface area contributed by atoms with Crippen LogP contribution in [0.15, 0.2) is 0 Å². The number of ether oxygens (including phenoxy) is 1. The molecule has 116 valence electrons. The van der Waals surface area contributed by atoms with E-state index in [0.717, 1.165) is 31.7 Å². The van der Waals surface area contributed by atoms with Crippen LogP contribution in [-0.4, -0.2) is 49.8 Å². The Morgan fingerprint density at radius 3 is 2.55 bits per heavy atom. The van der Waals surface area contributed by atoms with Crippen molar-refractivity contribution in [2.24, 2.45) is 5.92 Å². The Kier molecular flexibility index (Phi) is 5.75. The van der Waals surface area contributed by atoms with E-state index >= 15 is 0 Å². The van der Waals surface area contributed by atoms with Gasteiger partial charge in [-0.05, 0) is 70.5 Å². The molecule has 20 heavy (non-hydrogen) atoms. The quantitative estimate of drug-likeness (QED) is 0.757. The largest absolute Gasteiger partial charge is 0.378 e. The van der Waals surface area contributed by atoms with Crippen LogP contribution in [0.4, 0.5) is 0 Å². The van der Waals surface area contributed by atoms with Gasteiger partial charge in [-0.1, -0.05) is 12.8 Å². The normalized spacial score (nSPS) is 30.3. The van der Waals surface area contributed by atoms with Crippen molar-refractivity contribution in [2.75, 3.05) is 32.8 Å². The Bertz CT molecular complexity index is 272. The van der Waals surface area contributed by atoms with Crippen LogP contribution in [0.25, 0.3) is 0 Å². The highest BCUT2D eigenvalue weighted by Gasteiger charge is 2.32. The highest BCUT2D eigenvalue weighted by Crippen LogP contribution is 2.35. The van der Waals surface area contributed by atoms with Gasteiger partial charge in [0, 0.05) is 19.2 Å². The molecule has 0 radical (unpaired) electrons. The zero-order valence-electron chi connectivity index (χ0n) is 13.0. The van der Waals surface area contributed by atoms with Crippen LogP contribution in [0.5, 0.6) is 0 Å². The van der Waals surface area contributed by atoms with Gasteiger partial charge in [0.1, 0.15) is 0 Å². The van der Waals surface area contributed by atoms with Gasteiger partial charge in [-0.15, -0.1) is 0 Å². The van der Waals surface area contributed by atoms with Gasteiger partial charge >= 0.3 is 0 Å². The first-order chi connectivity index (χ1) is 9.93. The van der Waals surface area contributed by atoms with E-state index in [1.54, 1.807) is 0 Å². The maximum atomic E-state index is 6.04. The molecule has 3 heteroatoms. The minimum atomic E-state index is 0.528. The van der Waals surface area contributed by atoms with Gasteiger partial charge in [0.2, 0.25) is 0 Å². The van der Waals surface area contributed by atoms with E-state index in [4.69, 9.17) is 4.74 Å². The second-order valence-electron chi connectivity index (χ2n) is 6.96. The third-order valence-corrected chi connectivity index (χ3v) is 5.59. The summed E-state index contributed by atoms with van der Waals surface area (Å²) < 4.78 is 6.04. The molecule has 3 aliphatic rings. The van der Waals surface area contributed by atoms with Crippen LogP contribution in [0.3, 0.4) is 0 Å². The van der Waals surface area contributed by atoms with Gasteiger partial charge in [-0.3, -0.25) is 0 Å². The van der Waals surface area contributed by atoms with Crippen molar-refractivity contribution >= 4 is 0 Å². The molecule has 1 saturated carbocycles. The Balaban J connectivity index is 1.32. The molecular formula is C17H32N2O. The van der Waals surface area contributed by atoms with E-state index in [0.29, 0.717) is 6.10 Å². The number of rotatable bonds is 6. The molecule has 2 aliphatic heterocycles. The van der Waals surface area contributed by atoms with E-state index in [1.807, 2.05) is 0 Å². The van der Waals surface area contributed by atoms with Crippen LogP contribution in [0.2, 0.25) is 0 Å². The van der Waals surface area contributed by atoms with Crippen LogP contribution in [0.1, 0.15) is 57.8 Å². The summed E-state index contributed by atoms with van der Waals surface area (Å²) in [6, 6.07) is 0.913. The molecule has 0 amide bonds. The first kappa shape index (κ1) is 14.8. The summed E-state index contributed by atoms with van der Waals surface area (Å²) in [5.41, 5.74) is 0. The molecule has 0 aromatic rings. The molecule has 2 heterocycles. The Hall–Kier alpha value is -0.120. The minimum Gasteiger partial charge on any atom is -0.378 e. The maximum absolute atomic E-state index is 6.04. The van der Waals surface area contributed by atoms with Gasteiger partial charge in [0.25, 0.3) is 0 Å². The molecule has 0 bridgehead atoms. The zero-order chi connectivity index (χ0) is 13.6. The molecule has 1 aliphatic carbocycles. The number of piperidine rings is 1. The van der Waals surface area contributed by atoms with Crippen molar-refractivity contribution in [3.63, 3.8) is 0 Å². The number of hydrogen-bond acceptors (Lipinski definition) is 3. The van der Waals surface area contributed by atoms with E-state index in [9.17, 15) is 0 Å². The van der Waals surface area contributed by atoms with Gasteiger partial charge in [0.05, 0.1) is 6.10 Å². The summed E-state index contributed by atoms with van der Waals surface area (Å²) in [4.78, 5) is 2.78. The maximum Gasteiger partial charge on any atom is 0.0599 e. The lowest BCUT2D eigenvalue weighted by Gasteiger charge is -2.29. The standard InChI is InChI=1S/C17H32N2O/c1-2-6-15(5-1)17-7-3-12-19(17)13-4-14-20-16-8-10-18-11-9-16/h15-18H,1-14H2. The second kappa shape index (κ2) is 7.77. The van der Waals surface area contributed by atoms with Gasteiger partial charge in [-0.25, -0.2) is 0 Å². The van der Waals surface area contributed by atoms with Crippen LogP contribution < -0.4 is 5.32 Å². The second-order valence-corrected chi connectivity index (χ2v) is 6.96. The topological polar surface area (TPSA) is 24.5 Å². The van der Waals surface area contributed by atoms with Gasteiger partial charge in [0.15, 0.2) is 0 Å². The van der Waals surface area contributed by atoms with Crippen molar-refractivity contribution in [1.82, 2.24) is 10.2 Å². The van der Waals surface area contributed by atoms with Crippen molar-refractivity contribution < 1.29 is 4.74 Å². The first-order valence-electron chi connectivity index (χ1n) is 9.00. The van der Waals surface area contributed by atoms with E-state index in [1.165, 1.54) is 70.9 Å². The molecule has 0 spiro atoms. The van der Waals surface area contributed by atoms with E-state index in [2.05, 4.69) is 10.2 Å². The SMILES string of the molecule is C1CCC(C2CCCN2CCCOC2CCNCC2)C1. The van der Waals surface area contributed by atoms with Gasteiger partial charge < -0.3 is 15.0 Å². The summed E-state index contributed by atoms with van der Waals surface area (Å²) in [5.74, 6) is 1.02. The average Bonchev–Trinajstić information content (AvgIpc) is 3.15. The third-order valence-electron chi connectivity index (χ3n) is 5.59. The van der Waals surface area contributed by atoms with Crippen molar-refractivity contribution in [1.29, 1.82) is 0 Å². The van der Waals surface area contributed by atoms with Crippen LogP contribution in [0, 0.1) is 5.92 Å². The molecule has 1 N–H and O–H groups in total. The summed E-state index contributed by atoms with van der Waals surface area (Å²) >= 11 is 0. The monoisotopic (exact) mass is 280 g/mol. The Morgan fingerprint density at radius 2 is 1.75 bits per heavy atom. The lowest BCUT2D eigenvalue weighted by molar-refractivity contribution is 0.0262.